The summed E-state index contributed by atoms with van der Waals surface area (Å²) in [7, 11) is -2.25. The first kappa shape index (κ1) is 27.3. The van der Waals surface area contributed by atoms with Crippen molar-refractivity contribution in [3.63, 3.8) is 0 Å². The molecular formula is C29H32N4O4S2. The van der Waals surface area contributed by atoms with Gasteiger partial charge in [0.15, 0.2) is 5.13 Å². The van der Waals surface area contributed by atoms with Crippen molar-refractivity contribution >= 4 is 48.3 Å². The number of hydrogen-bond acceptors (Lipinski definition) is 7. The molecule has 10 heteroatoms. The second-order valence-corrected chi connectivity index (χ2v) is 12.5. The molecule has 1 aromatic heterocycles. The summed E-state index contributed by atoms with van der Waals surface area (Å²) in [4.78, 5) is 22.8. The number of hydrogen-bond donors (Lipinski definition) is 0. The van der Waals surface area contributed by atoms with Crippen LogP contribution in [0.4, 0.5) is 10.8 Å². The number of benzene rings is 3. The lowest BCUT2D eigenvalue weighted by Gasteiger charge is -2.27. The minimum atomic E-state index is -3.77. The molecule has 0 unspecified atom stereocenters. The first-order chi connectivity index (χ1) is 18.8. The number of carbonyl (C=O) groups excluding carboxylic acids is 1. The quantitative estimate of drug-likeness (QED) is 0.291. The second-order valence-electron chi connectivity index (χ2n) is 9.51. The van der Waals surface area contributed by atoms with Crippen LogP contribution in [0, 0.1) is 6.92 Å². The predicted molar refractivity (Wildman–Crippen MR) is 156 cm³/mol. The number of fused-ring (bicyclic) bond motifs is 1. The van der Waals surface area contributed by atoms with E-state index in [-0.39, 0.29) is 10.8 Å². The minimum absolute atomic E-state index is 0.125. The lowest BCUT2D eigenvalue weighted by molar-refractivity contribution is 0.0376. The van der Waals surface area contributed by atoms with Crippen LogP contribution in [-0.4, -0.2) is 70.6 Å². The molecule has 0 spiro atoms. The van der Waals surface area contributed by atoms with Crippen molar-refractivity contribution in [2.75, 3.05) is 55.6 Å². The fraction of sp³-hybridized carbons (Fsp3) is 0.310. The maximum atomic E-state index is 13.8. The standard InChI is InChI=1S/C29H32N4O4S2/c1-22-8-6-11-26-27(22)30-29(38-26)33(17-7-16-32-18-20-37-21-19-32)28(34)23-12-14-25(15-13-23)39(35,36)31(2)24-9-4-3-5-10-24/h3-6,8-15H,7,16-21H2,1-2H3. The number of carbonyl (C=O) groups is 1. The lowest BCUT2D eigenvalue weighted by Crippen LogP contribution is -2.39. The van der Waals surface area contributed by atoms with Crippen LogP contribution in [0.25, 0.3) is 10.2 Å². The van der Waals surface area contributed by atoms with Crippen LogP contribution in [0.15, 0.2) is 77.7 Å². The summed E-state index contributed by atoms with van der Waals surface area (Å²) in [6.07, 6.45) is 0.787. The van der Waals surface area contributed by atoms with Crippen molar-refractivity contribution in [1.82, 2.24) is 9.88 Å². The van der Waals surface area contributed by atoms with Gasteiger partial charge in [-0.05, 0) is 61.4 Å². The van der Waals surface area contributed by atoms with Crippen LogP contribution >= 0.6 is 11.3 Å². The number of sulfonamides is 1. The van der Waals surface area contributed by atoms with Gasteiger partial charge < -0.3 is 4.74 Å². The Bertz CT molecular complexity index is 1530. The highest BCUT2D eigenvalue weighted by atomic mass is 32.2. The summed E-state index contributed by atoms with van der Waals surface area (Å²) in [6, 6.07) is 21.1. The maximum Gasteiger partial charge on any atom is 0.264 e. The largest absolute Gasteiger partial charge is 0.379 e. The average Bonchev–Trinajstić information content (AvgIpc) is 3.41. The van der Waals surface area contributed by atoms with Gasteiger partial charge in [-0.25, -0.2) is 13.4 Å². The maximum absolute atomic E-state index is 13.8. The number of morpholine rings is 1. The molecule has 1 aliphatic rings. The van der Waals surface area contributed by atoms with E-state index in [9.17, 15) is 13.2 Å². The molecule has 1 aliphatic heterocycles. The van der Waals surface area contributed by atoms with Crippen molar-refractivity contribution in [3.05, 3.63) is 83.9 Å². The fourth-order valence-corrected chi connectivity index (χ4v) is 6.87. The lowest BCUT2D eigenvalue weighted by atomic mass is 10.2. The van der Waals surface area contributed by atoms with Crippen LogP contribution < -0.4 is 9.21 Å². The van der Waals surface area contributed by atoms with Gasteiger partial charge in [-0.3, -0.25) is 18.9 Å². The van der Waals surface area contributed by atoms with Crippen molar-refractivity contribution in [3.8, 4) is 0 Å². The van der Waals surface area contributed by atoms with Crippen LogP contribution in [0.1, 0.15) is 22.3 Å². The van der Waals surface area contributed by atoms with E-state index in [0.717, 1.165) is 55.0 Å². The van der Waals surface area contributed by atoms with E-state index >= 15 is 0 Å². The summed E-state index contributed by atoms with van der Waals surface area (Å²) in [6.45, 7) is 6.63. The number of aryl methyl sites for hydroxylation is 1. The molecule has 8 nitrogen and oxygen atoms in total. The van der Waals surface area contributed by atoms with Gasteiger partial charge in [0.25, 0.3) is 15.9 Å². The minimum Gasteiger partial charge on any atom is -0.379 e. The second kappa shape index (κ2) is 11.8. The Balaban J connectivity index is 1.39. The Kier molecular flexibility index (Phi) is 8.27. The molecule has 0 radical (unpaired) electrons. The number of anilines is 2. The van der Waals surface area contributed by atoms with E-state index in [1.807, 2.05) is 31.2 Å². The summed E-state index contributed by atoms with van der Waals surface area (Å²) in [5, 5.41) is 0.645. The van der Waals surface area contributed by atoms with Crippen molar-refractivity contribution in [2.45, 2.75) is 18.2 Å². The smallest absolute Gasteiger partial charge is 0.264 e. The molecule has 2 heterocycles. The first-order valence-corrected chi connectivity index (χ1v) is 15.2. The highest BCUT2D eigenvalue weighted by Crippen LogP contribution is 2.32. The fourth-order valence-electron chi connectivity index (χ4n) is 4.61. The van der Waals surface area contributed by atoms with E-state index in [1.165, 1.54) is 34.8 Å². The topological polar surface area (TPSA) is 83.0 Å². The Morgan fingerprint density at radius 3 is 2.41 bits per heavy atom. The van der Waals surface area contributed by atoms with Crippen molar-refractivity contribution in [1.29, 1.82) is 0 Å². The summed E-state index contributed by atoms with van der Waals surface area (Å²) in [5.74, 6) is -0.200. The zero-order chi connectivity index (χ0) is 27.4. The zero-order valence-corrected chi connectivity index (χ0v) is 23.7. The normalized spacial score (nSPS) is 14.4. The Hall–Kier alpha value is -3.31. The third-order valence-corrected chi connectivity index (χ3v) is 9.77. The Morgan fingerprint density at radius 1 is 1.00 bits per heavy atom. The molecule has 5 rings (SSSR count). The van der Waals surface area contributed by atoms with Crippen LogP contribution in [0.2, 0.25) is 0 Å². The molecule has 0 N–H and O–H groups in total. The number of aromatic nitrogens is 1. The molecule has 204 valence electrons. The molecule has 1 saturated heterocycles. The Morgan fingerprint density at radius 2 is 1.72 bits per heavy atom. The SMILES string of the molecule is Cc1cccc2sc(N(CCCN3CCOCC3)C(=O)c3ccc(S(=O)(=O)N(C)c4ccccc4)cc3)nc12. The third-order valence-electron chi connectivity index (χ3n) is 6.92. The van der Waals surface area contributed by atoms with Crippen LogP contribution in [0.3, 0.4) is 0 Å². The van der Waals surface area contributed by atoms with Gasteiger partial charge in [-0.2, -0.15) is 0 Å². The molecule has 39 heavy (non-hydrogen) atoms. The van der Waals surface area contributed by atoms with E-state index in [2.05, 4.69) is 4.90 Å². The van der Waals surface area contributed by atoms with Gasteiger partial charge in [-0.15, -0.1) is 0 Å². The van der Waals surface area contributed by atoms with Crippen LogP contribution in [-0.2, 0) is 14.8 Å². The number of thiazole rings is 1. The number of para-hydroxylation sites is 2. The van der Waals surface area contributed by atoms with Crippen LogP contribution in [0.5, 0.6) is 0 Å². The highest BCUT2D eigenvalue weighted by molar-refractivity contribution is 7.92. The monoisotopic (exact) mass is 564 g/mol. The average molecular weight is 565 g/mol. The molecule has 0 aliphatic carbocycles. The number of rotatable bonds is 9. The van der Waals surface area contributed by atoms with Gasteiger partial charge in [0.1, 0.15) is 0 Å². The van der Waals surface area contributed by atoms with Crippen molar-refractivity contribution in [2.24, 2.45) is 0 Å². The molecular weight excluding hydrogens is 532 g/mol. The molecule has 0 atom stereocenters. The number of ether oxygens (including phenoxy) is 1. The van der Waals surface area contributed by atoms with Gasteiger partial charge in [-0.1, -0.05) is 41.7 Å². The van der Waals surface area contributed by atoms with Gasteiger partial charge >= 0.3 is 0 Å². The molecule has 1 fully saturated rings. The van der Waals surface area contributed by atoms with E-state index in [0.29, 0.717) is 22.9 Å². The first-order valence-electron chi connectivity index (χ1n) is 13.0. The molecule has 0 bridgehead atoms. The van der Waals surface area contributed by atoms with Gasteiger partial charge in [0.2, 0.25) is 0 Å². The molecule has 3 aromatic carbocycles. The summed E-state index contributed by atoms with van der Waals surface area (Å²) < 4.78 is 34.1. The van der Waals surface area contributed by atoms with E-state index in [4.69, 9.17) is 9.72 Å². The highest BCUT2D eigenvalue weighted by Gasteiger charge is 2.25. The van der Waals surface area contributed by atoms with Gasteiger partial charge in [0.05, 0.1) is 34.0 Å². The molecule has 4 aromatic rings. The summed E-state index contributed by atoms with van der Waals surface area (Å²) in [5.41, 5.74) is 2.94. The van der Waals surface area contributed by atoms with E-state index in [1.54, 1.807) is 41.3 Å². The van der Waals surface area contributed by atoms with Crippen molar-refractivity contribution < 1.29 is 17.9 Å². The predicted octanol–water partition coefficient (Wildman–Crippen LogP) is 4.80. The third kappa shape index (κ3) is 5.99. The number of nitrogens with zero attached hydrogens (tertiary/aromatic N) is 4. The summed E-state index contributed by atoms with van der Waals surface area (Å²) >= 11 is 1.50. The number of amides is 1. The zero-order valence-electron chi connectivity index (χ0n) is 22.1. The Labute approximate surface area is 233 Å². The van der Waals surface area contributed by atoms with E-state index < -0.39 is 10.0 Å². The van der Waals surface area contributed by atoms with Gasteiger partial charge in [0, 0.05) is 38.8 Å². The molecule has 1 amide bonds. The molecule has 0 saturated carbocycles.